The molecular formula is C26H40N4O. The minimum atomic E-state index is 0.363. The topological polar surface area (TPSA) is 83.4 Å². The monoisotopic (exact) mass is 424 g/mol. The molecule has 0 saturated carbocycles. The second kappa shape index (κ2) is 20.0. The molecule has 1 aliphatic rings. The van der Waals surface area contributed by atoms with Crippen molar-refractivity contribution in [1.82, 2.24) is 5.32 Å². The van der Waals surface area contributed by atoms with Gasteiger partial charge >= 0.3 is 0 Å². The van der Waals surface area contributed by atoms with Crippen molar-refractivity contribution in [2.24, 2.45) is 10.7 Å². The second-order valence-corrected chi connectivity index (χ2v) is 5.75. The Hall–Kier alpha value is -3.26. The lowest BCUT2D eigenvalue weighted by Crippen LogP contribution is -2.31. The third kappa shape index (κ3) is 11.5. The molecule has 2 rings (SSSR count). The van der Waals surface area contributed by atoms with Crippen LogP contribution in [-0.4, -0.2) is 18.9 Å². The van der Waals surface area contributed by atoms with Gasteiger partial charge in [0.1, 0.15) is 29.0 Å². The first-order chi connectivity index (χ1) is 15.1. The Morgan fingerprint density at radius 3 is 2.19 bits per heavy atom. The van der Waals surface area contributed by atoms with Crippen molar-refractivity contribution in [2.45, 2.75) is 54.4 Å². The van der Waals surface area contributed by atoms with Crippen LogP contribution in [0.25, 0.3) is 5.70 Å². The fourth-order valence-electron chi connectivity index (χ4n) is 2.18. The van der Waals surface area contributed by atoms with Crippen molar-refractivity contribution < 1.29 is 4.74 Å². The number of rotatable bonds is 6. The number of amidine groups is 1. The summed E-state index contributed by atoms with van der Waals surface area (Å²) in [5.74, 6) is 1.80. The average Bonchev–Trinajstić information content (AvgIpc) is 2.83. The first-order valence-corrected chi connectivity index (χ1v) is 11.0. The van der Waals surface area contributed by atoms with Gasteiger partial charge < -0.3 is 15.8 Å². The number of ether oxygens (including phenoxy) is 1. The lowest BCUT2D eigenvalue weighted by atomic mass is 10.1. The first-order valence-electron chi connectivity index (χ1n) is 11.0. The maximum absolute atomic E-state index is 9.41. The third-order valence-corrected chi connectivity index (χ3v) is 3.40. The van der Waals surface area contributed by atoms with Crippen LogP contribution < -0.4 is 15.8 Å². The van der Waals surface area contributed by atoms with E-state index in [0.29, 0.717) is 35.2 Å². The number of allylic oxidation sites excluding steroid dienone is 3. The fraction of sp³-hybridized carbons (Fsp3) is 0.385. The molecule has 1 aromatic rings. The van der Waals surface area contributed by atoms with E-state index in [9.17, 15) is 5.26 Å². The number of benzene rings is 1. The summed E-state index contributed by atoms with van der Waals surface area (Å²) in [5, 5.41) is 12.5. The lowest BCUT2D eigenvalue weighted by Gasteiger charge is -2.15. The zero-order valence-electron chi connectivity index (χ0n) is 20.2. The number of hydrogen-bond acceptors (Lipinski definition) is 5. The average molecular weight is 425 g/mol. The molecule has 170 valence electrons. The van der Waals surface area contributed by atoms with Crippen molar-refractivity contribution in [3.05, 3.63) is 72.5 Å². The van der Waals surface area contributed by atoms with Crippen LogP contribution in [0.5, 0.6) is 5.75 Å². The highest BCUT2D eigenvalue weighted by Gasteiger charge is 2.14. The molecule has 0 radical (unpaired) electrons. The van der Waals surface area contributed by atoms with Crippen LogP contribution in [0.4, 0.5) is 0 Å². The zero-order valence-corrected chi connectivity index (χ0v) is 20.2. The molecule has 0 aromatic heterocycles. The summed E-state index contributed by atoms with van der Waals surface area (Å²) in [4.78, 5) is 4.33. The van der Waals surface area contributed by atoms with E-state index >= 15 is 0 Å². The molecule has 0 saturated heterocycles. The highest BCUT2D eigenvalue weighted by molar-refractivity contribution is 6.08. The standard InChI is InChI=1S/C19H20N4O.C3H8.2C2H6/c1-3-6-15(4-2)24-16-9-7-14(8-10-16)18(21)17(13-20)19-22-11-5-12-23-19;1-3-2;2*1-2/h3-4,6-10H,1-2,5,11-12,21H2,(H,22,23);3H2,1-2H3;2*1-2H3/b15-6+,18-17-;;;. The summed E-state index contributed by atoms with van der Waals surface area (Å²) in [6.45, 7) is 21.1. The van der Waals surface area contributed by atoms with Gasteiger partial charge in [-0.15, -0.1) is 0 Å². The largest absolute Gasteiger partial charge is 0.457 e. The van der Waals surface area contributed by atoms with Crippen LogP contribution in [-0.2, 0) is 0 Å². The molecule has 31 heavy (non-hydrogen) atoms. The normalized spacial score (nSPS) is 12.8. The second-order valence-electron chi connectivity index (χ2n) is 5.75. The number of nitrogens with two attached hydrogens (primary N) is 1. The van der Waals surface area contributed by atoms with E-state index in [1.54, 1.807) is 42.5 Å². The van der Waals surface area contributed by atoms with Crippen LogP contribution in [0.1, 0.15) is 59.9 Å². The number of nitriles is 1. The summed E-state index contributed by atoms with van der Waals surface area (Å²) in [7, 11) is 0. The number of nitrogens with one attached hydrogen (secondary N) is 1. The van der Waals surface area contributed by atoms with Gasteiger partial charge in [0.05, 0.1) is 5.70 Å². The van der Waals surface area contributed by atoms with E-state index in [-0.39, 0.29) is 0 Å². The van der Waals surface area contributed by atoms with Gasteiger partial charge in [-0.1, -0.05) is 67.2 Å². The van der Waals surface area contributed by atoms with Crippen molar-refractivity contribution in [3.63, 3.8) is 0 Å². The highest BCUT2D eigenvalue weighted by atomic mass is 16.5. The molecule has 0 amide bonds. The molecule has 3 N–H and O–H groups in total. The Morgan fingerprint density at radius 2 is 1.77 bits per heavy atom. The molecule has 0 atom stereocenters. The molecule has 1 aromatic carbocycles. The van der Waals surface area contributed by atoms with Gasteiger partial charge in [0.2, 0.25) is 0 Å². The van der Waals surface area contributed by atoms with Crippen molar-refractivity contribution in [2.75, 3.05) is 13.1 Å². The van der Waals surface area contributed by atoms with E-state index in [1.165, 1.54) is 6.42 Å². The maximum atomic E-state index is 9.41. The Labute approximate surface area is 189 Å². The maximum Gasteiger partial charge on any atom is 0.141 e. The van der Waals surface area contributed by atoms with Crippen molar-refractivity contribution >= 4 is 11.5 Å². The van der Waals surface area contributed by atoms with E-state index < -0.39 is 0 Å². The number of hydrogen-bond donors (Lipinski definition) is 2. The Bertz CT molecular complexity index is 766. The molecule has 0 unspecified atom stereocenters. The predicted octanol–water partition coefficient (Wildman–Crippen LogP) is 6.38. The molecule has 5 heteroatoms. The quantitative estimate of drug-likeness (QED) is 0.315. The fourth-order valence-corrected chi connectivity index (χ4v) is 2.18. The molecule has 1 aliphatic heterocycles. The van der Waals surface area contributed by atoms with Crippen LogP contribution in [0, 0.1) is 11.3 Å². The van der Waals surface area contributed by atoms with E-state index in [1.807, 2.05) is 27.7 Å². The lowest BCUT2D eigenvalue weighted by molar-refractivity contribution is 0.445. The first kappa shape index (κ1) is 29.9. The van der Waals surface area contributed by atoms with Crippen LogP contribution >= 0.6 is 0 Å². The Kier molecular flexibility index (Phi) is 19.3. The molecule has 5 nitrogen and oxygen atoms in total. The molecule has 0 fully saturated rings. The van der Waals surface area contributed by atoms with Crippen molar-refractivity contribution in [1.29, 1.82) is 5.26 Å². The van der Waals surface area contributed by atoms with Gasteiger partial charge in [-0.05, 0) is 48.4 Å². The van der Waals surface area contributed by atoms with Gasteiger partial charge in [0, 0.05) is 13.1 Å². The molecule has 0 aliphatic carbocycles. The number of aliphatic imine (C=N–C) groups is 1. The van der Waals surface area contributed by atoms with E-state index in [2.05, 4.69) is 43.4 Å². The highest BCUT2D eigenvalue weighted by Crippen LogP contribution is 2.20. The van der Waals surface area contributed by atoms with Crippen LogP contribution in [0.2, 0.25) is 0 Å². The summed E-state index contributed by atoms with van der Waals surface area (Å²) in [6, 6.07) is 9.32. The van der Waals surface area contributed by atoms with Gasteiger partial charge in [0.15, 0.2) is 0 Å². The summed E-state index contributed by atoms with van der Waals surface area (Å²) >= 11 is 0. The van der Waals surface area contributed by atoms with Crippen molar-refractivity contribution in [3.8, 4) is 11.8 Å². The van der Waals surface area contributed by atoms with Crippen LogP contribution in [0.3, 0.4) is 0 Å². The molecule has 1 heterocycles. The SMILES string of the molecule is C=C/C=C(\C=C)Oc1ccc(/C(N)=C(\C#N)C2=NCCCN2)cc1.CC.CC.CCC. The predicted molar refractivity (Wildman–Crippen MR) is 136 cm³/mol. The summed E-state index contributed by atoms with van der Waals surface area (Å²) < 4.78 is 5.66. The van der Waals surface area contributed by atoms with Gasteiger partial charge in [0.25, 0.3) is 0 Å². The van der Waals surface area contributed by atoms with E-state index in [4.69, 9.17) is 10.5 Å². The third-order valence-electron chi connectivity index (χ3n) is 3.40. The van der Waals surface area contributed by atoms with Gasteiger partial charge in [-0.25, -0.2) is 0 Å². The molecule has 0 spiro atoms. The minimum Gasteiger partial charge on any atom is -0.457 e. The smallest absolute Gasteiger partial charge is 0.141 e. The molecular weight excluding hydrogens is 384 g/mol. The minimum absolute atomic E-state index is 0.363. The summed E-state index contributed by atoms with van der Waals surface area (Å²) in [5.41, 5.74) is 7.65. The van der Waals surface area contributed by atoms with Gasteiger partial charge in [-0.2, -0.15) is 5.26 Å². The van der Waals surface area contributed by atoms with Crippen LogP contribution in [0.15, 0.2) is 72.0 Å². The summed E-state index contributed by atoms with van der Waals surface area (Å²) in [6.07, 6.45) is 7.15. The van der Waals surface area contributed by atoms with E-state index in [0.717, 1.165) is 18.5 Å². The molecule has 0 bridgehead atoms. The van der Waals surface area contributed by atoms with Gasteiger partial charge in [-0.3, -0.25) is 4.99 Å². The number of nitrogens with zero attached hydrogens (tertiary/aromatic N) is 2. The zero-order chi connectivity index (χ0) is 24.1. The Balaban J connectivity index is 0. The Morgan fingerprint density at radius 1 is 1.19 bits per heavy atom.